The lowest BCUT2D eigenvalue weighted by atomic mass is 10.1. The average molecular weight is 429 g/mol. The summed E-state index contributed by atoms with van der Waals surface area (Å²) in [5, 5.41) is 4.01. The molecule has 0 saturated heterocycles. The molecule has 0 spiro atoms. The molecule has 0 aliphatic heterocycles. The third-order valence-electron chi connectivity index (χ3n) is 4.17. The zero-order valence-corrected chi connectivity index (χ0v) is 17.7. The van der Waals surface area contributed by atoms with Crippen molar-refractivity contribution >= 4 is 39.1 Å². The summed E-state index contributed by atoms with van der Waals surface area (Å²) in [6.07, 6.45) is 0.799. The highest BCUT2D eigenvalue weighted by atomic mass is 35.5. The van der Waals surface area contributed by atoms with E-state index in [-0.39, 0.29) is 16.8 Å². The van der Waals surface area contributed by atoms with Gasteiger partial charge in [0.15, 0.2) is 0 Å². The summed E-state index contributed by atoms with van der Waals surface area (Å²) in [7, 11) is -0.494. The van der Waals surface area contributed by atoms with Gasteiger partial charge in [-0.05, 0) is 48.7 Å². The number of nitrogens with zero attached hydrogens (tertiary/aromatic N) is 1. The van der Waals surface area contributed by atoms with Crippen LogP contribution in [0.2, 0.25) is 10.0 Å². The molecule has 1 unspecified atom stereocenters. The Bertz CT molecular complexity index is 913. The van der Waals surface area contributed by atoms with Crippen LogP contribution in [0.4, 0.5) is 0 Å². The number of rotatable bonds is 7. The quantitative estimate of drug-likeness (QED) is 0.722. The number of aryl methyl sites for hydroxylation is 1. The first-order valence-corrected chi connectivity index (χ1v) is 10.6. The number of carbonyl (C=O) groups is 1. The van der Waals surface area contributed by atoms with Crippen molar-refractivity contribution in [2.24, 2.45) is 0 Å². The van der Waals surface area contributed by atoms with Crippen molar-refractivity contribution in [3.63, 3.8) is 0 Å². The summed E-state index contributed by atoms with van der Waals surface area (Å²) in [5.41, 5.74) is 1.69. The zero-order valence-electron chi connectivity index (χ0n) is 15.4. The third kappa shape index (κ3) is 5.69. The second kappa shape index (κ2) is 9.06. The van der Waals surface area contributed by atoms with Gasteiger partial charge in [0.2, 0.25) is 15.9 Å². The van der Waals surface area contributed by atoms with E-state index in [4.69, 9.17) is 23.2 Å². The van der Waals surface area contributed by atoms with Crippen LogP contribution in [0.25, 0.3) is 0 Å². The largest absolute Gasteiger partial charge is 0.350 e. The Balaban J connectivity index is 1.96. The molecule has 1 amide bonds. The molecular formula is C19H22Cl2N2O3S. The number of nitrogens with one attached hydrogen (secondary N) is 1. The van der Waals surface area contributed by atoms with Crippen LogP contribution in [0.5, 0.6) is 0 Å². The summed E-state index contributed by atoms with van der Waals surface area (Å²) in [4.78, 5) is 12.4. The van der Waals surface area contributed by atoms with E-state index >= 15 is 0 Å². The van der Waals surface area contributed by atoms with Crippen LogP contribution in [0.1, 0.15) is 30.5 Å². The summed E-state index contributed by atoms with van der Waals surface area (Å²) in [6, 6.07) is 11.5. The molecule has 2 aromatic carbocycles. The predicted molar refractivity (Wildman–Crippen MR) is 109 cm³/mol. The van der Waals surface area contributed by atoms with Gasteiger partial charge in [0.05, 0.1) is 10.9 Å². The Morgan fingerprint density at radius 1 is 1.11 bits per heavy atom. The molecule has 146 valence electrons. The van der Waals surface area contributed by atoms with Crippen molar-refractivity contribution < 1.29 is 13.2 Å². The average Bonchev–Trinajstić information content (AvgIpc) is 2.61. The number of sulfonamides is 1. The van der Waals surface area contributed by atoms with Crippen molar-refractivity contribution in [2.45, 2.75) is 30.7 Å². The van der Waals surface area contributed by atoms with Crippen molar-refractivity contribution in [1.82, 2.24) is 9.62 Å². The molecule has 1 atom stereocenters. The summed E-state index contributed by atoms with van der Waals surface area (Å²) < 4.78 is 25.4. The van der Waals surface area contributed by atoms with Crippen LogP contribution in [0.3, 0.4) is 0 Å². The van der Waals surface area contributed by atoms with Crippen molar-refractivity contribution in [2.75, 3.05) is 14.1 Å². The van der Waals surface area contributed by atoms with Crippen LogP contribution in [-0.2, 0) is 21.2 Å². The van der Waals surface area contributed by atoms with Crippen LogP contribution in [0, 0.1) is 0 Å². The molecule has 2 aromatic rings. The highest BCUT2D eigenvalue weighted by Gasteiger charge is 2.18. The summed E-state index contributed by atoms with van der Waals surface area (Å²) in [6.45, 7) is 1.85. The Labute approximate surface area is 170 Å². The minimum Gasteiger partial charge on any atom is -0.350 e. The van der Waals surface area contributed by atoms with Crippen LogP contribution >= 0.6 is 23.2 Å². The molecule has 5 nitrogen and oxygen atoms in total. The van der Waals surface area contributed by atoms with Gasteiger partial charge in [0.1, 0.15) is 0 Å². The van der Waals surface area contributed by atoms with Gasteiger partial charge in [-0.25, -0.2) is 12.7 Å². The number of hydrogen-bond acceptors (Lipinski definition) is 3. The molecular weight excluding hydrogens is 407 g/mol. The Hall–Kier alpha value is -1.60. The molecule has 0 aromatic heterocycles. The predicted octanol–water partition coefficient (Wildman–Crippen LogP) is 4.05. The molecule has 2 rings (SSSR count). The van der Waals surface area contributed by atoms with E-state index in [2.05, 4.69) is 5.32 Å². The Kier molecular flexibility index (Phi) is 7.28. The maximum atomic E-state index is 12.2. The monoisotopic (exact) mass is 428 g/mol. The van der Waals surface area contributed by atoms with Gasteiger partial charge in [0, 0.05) is 30.6 Å². The second-order valence-corrected chi connectivity index (χ2v) is 9.38. The van der Waals surface area contributed by atoms with Gasteiger partial charge in [-0.1, -0.05) is 41.4 Å². The van der Waals surface area contributed by atoms with E-state index in [9.17, 15) is 13.2 Å². The van der Waals surface area contributed by atoms with Gasteiger partial charge >= 0.3 is 0 Å². The first kappa shape index (κ1) is 21.7. The van der Waals surface area contributed by atoms with E-state index in [0.717, 1.165) is 15.4 Å². The Morgan fingerprint density at radius 3 is 2.30 bits per heavy atom. The SMILES string of the molecule is CC(NC(=O)CCc1ccc(Cl)cc1Cl)c1ccc(S(=O)(=O)N(C)C)cc1. The molecule has 0 aliphatic carbocycles. The maximum absolute atomic E-state index is 12.2. The van der Waals surface area contributed by atoms with Gasteiger partial charge in [-0.2, -0.15) is 0 Å². The van der Waals surface area contributed by atoms with Crippen molar-refractivity contribution in [3.8, 4) is 0 Å². The van der Waals surface area contributed by atoms with E-state index < -0.39 is 10.0 Å². The fraction of sp³-hybridized carbons (Fsp3) is 0.316. The fourth-order valence-corrected chi connectivity index (χ4v) is 3.91. The van der Waals surface area contributed by atoms with E-state index in [1.165, 1.54) is 14.1 Å². The van der Waals surface area contributed by atoms with Crippen LogP contribution < -0.4 is 5.32 Å². The normalized spacial score (nSPS) is 12.8. The third-order valence-corrected chi connectivity index (χ3v) is 6.59. The molecule has 0 aliphatic rings. The first-order chi connectivity index (χ1) is 12.6. The standard InChI is InChI=1S/C19H22Cl2N2O3S/c1-13(14-5-9-17(10-6-14)27(25,26)23(2)3)22-19(24)11-7-15-4-8-16(20)12-18(15)21/h4-6,8-10,12-13H,7,11H2,1-3H3,(H,22,24). The number of hydrogen-bond donors (Lipinski definition) is 1. The van der Waals surface area contributed by atoms with Crippen LogP contribution in [0.15, 0.2) is 47.4 Å². The van der Waals surface area contributed by atoms with Crippen LogP contribution in [-0.4, -0.2) is 32.7 Å². The van der Waals surface area contributed by atoms with E-state index in [1.54, 1.807) is 36.4 Å². The molecule has 1 N–H and O–H groups in total. The number of amides is 1. The molecule has 0 saturated carbocycles. The molecule has 0 radical (unpaired) electrons. The number of benzene rings is 2. The fourth-order valence-electron chi connectivity index (χ4n) is 2.51. The van der Waals surface area contributed by atoms with Crippen molar-refractivity contribution in [3.05, 3.63) is 63.6 Å². The Morgan fingerprint density at radius 2 is 1.74 bits per heavy atom. The highest BCUT2D eigenvalue weighted by Crippen LogP contribution is 2.22. The molecule has 0 bridgehead atoms. The van der Waals surface area contributed by atoms with Crippen molar-refractivity contribution in [1.29, 1.82) is 0 Å². The minimum absolute atomic E-state index is 0.112. The summed E-state index contributed by atoms with van der Waals surface area (Å²) in [5.74, 6) is -0.112. The number of carbonyl (C=O) groups excluding carboxylic acids is 1. The van der Waals surface area contributed by atoms with E-state index in [0.29, 0.717) is 22.9 Å². The number of halogens is 2. The summed E-state index contributed by atoms with van der Waals surface area (Å²) >= 11 is 12.0. The lowest BCUT2D eigenvalue weighted by molar-refractivity contribution is -0.121. The lowest BCUT2D eigenvalue weighted by Crippen LogP contribution is -2.27. The van der Waals surface area contributed by atoms with E-state index in [1.807, 2.05) is 13.0 Å². The smallest absolute Gasteiger partial charge is 0.242 e. The second-order valence-electron chi connectivity index (χ2n) is 6.38. The molecule has 27 heavy (non-hydrogen) atoms. The minimum atomic E-state index is -3.46. The highest BCUT2D eigenvalue weighted by molar-refractivity contribution is 7.89. The zero-order chi connectivity index (χ0) is 20.2. The lowest BCUT2D eigenvalue weighted by Gasteiger charge is -2.16. The molecule has 8 heteroatoms. The molecule has 0 fully saturated rings. The first-order valence-electron chi connectivity index (χ1n) is 8.37. The maximum Gasteiger partial charge on any atom is 0.242 e. The molecule has 0 heterocycles. The topological polar surface area (TPSA) is 66.5 Å². The van der Waals surface area contributed by atoms with Gasteiger partial charge < -0.3 is 5.32 Å². The van der Waals surface area contributed by atoms with Gasteiger partial charge in [0.25, 0.3) is 0 Å². The van der Waals surface area contributed by atoms with Gasteiger partial charge in [-0.15, -0.1) is 0 Å². The van der Waals surface area contributed by atoms with Gasteiger partial charge in [-0.3, -0.25) is 4.79 Å².